The number of nitrogens with zero attached hydrogens (tertiary/aromatic N) is 2. The molecule has 0 unspecified atom stereocenters. The number of carbonyl (C=O) groups excluding carboxylic acids is 1. The molecule has 4 heteroatoms. The minimum absolute atomic E-state index is 0.335. The van der Waals surface area contributed by atoms with Gasteiger partial charge in [-0.05, 0) is 13.3 Å². The molecule has 1 fully saturated rings. The van der Waals surface area contributed by atoms with Crippen LogP contribution in [-0.2, 0) is 4.74 Å². The molecule has 0 saturated carbocycles. The molecule has 0 radical (unpaired) electrons. The minimum atomic E-state index is -0.335. The predicted octanol–water partition coefficient (Wildman–Crippen LogP) is 1.22. The summed E-state index contributed by atoms with van der Waals surface area (Å²) in [5, 5.41) is 5.41. The van der Waals surface area contributed by atoms with Crippen molar-refractivity contribution in [2.45, 2.75) is 20.3 Å². The lowest BCUT2D eigenvalue weighted by atomic mass is 10.3. The first-order valence-corrected chi connectivity index (χ1v) is 3.72. The number of carbonyl (C=O) groups is 1. The molecular weight excluding hydrogens is 144 g/mol. The van der Waals surface area contributed by atoms with Gasteiger partial charge in [0.05, 0.1) is 6.54 Å². The molecule has 4 nitrogen and oxygen atoms in total. The van der Waals surface area contributed by atoms with E-state index in [-0.39, 0.29) is 6.09 Å². The normalized spacial score (nSPS) is 18.9. The molecule has 0 atom stereocenters. The van der Waals surface area contributed by atoms with Gasteiger partial charge in [-0.25, -0.2) is 4.79 Å². The van der Waals surface area contributed by atoms with Crippen molar-refractivity contribution in [3.05, 3.63) is 0 Å². The number of hydrazone groups is 1. The Kier molecular flexibility index (Phi) is 2.46. The highest BCUT2D eigenvalue weighted by molar-refractivity contribution is 5.83. The van der Waals surface area contributed by atoms with Crippen molar-refractivity contribution in [1.29, 1.82) is 0 Å². The Bertz CT molecular complexity index is 189. The smallest absolute Gasteiger partial charge is 0.430 e. The molecule has 1 saturated heterocycles. The maximum atomic E-state index is 10.8. The van der Waals surface area contributed by atoms with E-state index >= 15 is 0 Å². The number of amides is 1. The Morgan fingerprint density at radius 3 is 3.00 bits per heavy atom. The van der Waals surface area contributed by atoms with Gasteiger partial charge in [0.2, 0.25) is 0 Å². The van der Waals surface area contributed by atoms with Crippen LogP contribution in [0.5, 0.6) is 0 Å². The lowest BCUT2D eigenvalue weighted by molar-refractivity contribution is 0.159. The number of hydrogen-bond acceptors (Lipinski definition) is 3. The summed E-state index contributed by atoms with van der Waals surface area (Å²) in [6.07, 6.45) is 0.529. The number of cyclic esters (lactones) is 1. The van der Waals surface area contributed by atoms with Crippen LogP contribution in [0.3, 0.4) is 0 Å². The van der Waals surface area contributed by atoms with Crippen molar-refractivity contribution < 1.29 is 9.53 Å². The van der Waals surface area contributed by atoms with Crippen LogP contribution in [0.25, 0.3) is 0 Å². The summed E-state index contributed by atoms with van der Waals surface area (Å²) in [7, 11) is 0. The fraction of sp³-hybridized carbons (Fsp3) is 0.714. The molecule has 1 heterocycles. The van der Waals surface area contributed by atoms with Crippen molar-refractivity contribution in [2.75, 3.05) is 13.2 Å². The van der Waals surface area contributed by atoms with Crippen LogP contribution in [-0.4, -0.2) is 30.0 Å². The highest BCUT2D eigenvalue weighted by atomic mass is 16.6. The molecule has 1 aliphatic rings. The van der Waals surface area contributed by atoms with Crippen molar-refractivity contribution >= 4 is 11.8 Å². The first kappa shape index (κ1) is 8.04. The van der Waals surface area contributed by atoms with Crippen LogP contribution in [0.15, 0.2) is 5.10 Å². The lowest BCUT2D eigenvalue weighted by Gasteiger charge is -2.05. The van der Waals surface area contributed by atoms with E-state index in [2.05, 4.69) is 5.10 Å². The lowest BCUT2D eigenvalue weighted by Crippen LogP contribution is -2.18. The first-order chi connectivity index (χ1) is 5.24. The minimum Gasteiger partial charge on any atom is -0.446 e. The molecule has 1 amide bonds. The van der Waals surface area contributed by atoms with Crippen molar-refractivity contribution in [1.82, 2.24) is 5.01 Å². The zero-order chi connectivity index (χ0) is 8.27. The summed E-state index contributed by atoms with van der Waals surface area (Å²) >= 11 is 0. The summed E-state index contributed by atoms with van der Waals surface area (Å²) in [4.78, 5) is 10.8. The molecule has 1 rings (SSSR count). The molecule has 11 heavy (non-hydrogen) atoms. The summed E-state index contributed by atoms with van der Waals surface area (Å²) in [6, 6.07) is 0. The zero-order valence-corrected chi connectivity index (χ0v) is 6.83. The maximum absolute atomic E-state index is 10.8. The molecule has 0 aromatic rings. The summed E-state index contributed by atoms with van der Waals surface area (Å²) in [5.41, 5.74) is 0.948. The Balaban J connectivity index is 2.54. The van der Waals surface area contributed by atoms with E-state index in [1.807, 2.05) is 13.8 Å². The van der Waals surface area contributed by atoms with Crippen LogP contribution in [0, 0.1) is 0 Å². The number of hydrogen-bond donors (Lipinski definition) is 0. The van der Waals surface area contributed by atoms with Crippen LogP contribution >= 0.6 is 0 Å². The fourth-order valence-electron chi connectivity index (χ4n) is 0.753. The molecular formula is C7H12N2O2. The monoisotopic (exact) mass is 156 g/mol. The Morgan fingerprint density at radius 1 is 1.82 bits per heavy atom. The quantitative estimate of drug-likeness (QED) is 0.564. The predicted molar refractivity (Wildman–Crippen MR) is 41.5 cm³/mol. The van der Waals surface area contributed by atoms with Gasteiger partial charge in [-0.2, -0.15) is 10.1 Å². The molecule has 0 aromatic heterocycles. The van der Waals surface area contributed by atoms with Crippen LogP contribution in [0.1, 0.15) is 20.3 Å². The summed E-state index contributed by atoms with van der Waals surface area (Å²) in [5.74, 6) is 0. The molecule has 1 aliphatic heterocycles. The average Bonchev–Trinajstić information content (AvgIpc) is 2.37. The molecule has 0 aromatic carbocycles. The Hall–Kier alpha value is -1.06. The van der Waals surface area contributed by atoms with Crippen LogP contribution in [0.2, 0.25) is 0 Å². The van der Waals surface area contributed by atoms with Crippen molar-refractivity contribution in [3.8, 4) is 0 Å². The first-order valence-electron chi connectivity index (χ1n) is 3.72. The SMILES string of the molecule is CCC(C)=NN1CCOC1=O. The largest absolute Gasteiger partial charge is 0.446 e. The van der Waals surface area contributed by atoms with Gasteiger partial charge in [-0.1, -0.05) is 6.92 Å². The fourth-order valence-corrected chi connectivity index (χ4v) is 0.753. The Morgan fingerprint density at radius 2 is 2.55 bits per heavy atom. The second-order valence-electron chi connectivity index (χ2n) is 2.43. The maximum Gasteiger partial charge on any atom is 0.430 e. The highest BCUT2D eigenvalue weighted by Crippen LogP contribution is 2.04. The van der Waals surface area contributed by atoms with E-state index in [0.29, 0.717) is 13.2 Å². The molecule has 0 N–H and O–H groups in total. The van der Waals surface area contributed by atoms with Crippen molar-refractivity contribution in [3.63, 3.8) is 0 Å². The highest BCUT2D eigenvalue weighted by Gasteiger charge is 2.20. The van der Waals surface area contributed by atoms with E-state index in [1.54, 1.807) is 0 Å². The van der Waals surface area contributed by atoms with Crippen LogP contribution < -0.4 is 0 Å². The summed E-state index contributed by atoms with van der Waals surface area (Å²) < 4.78 is 4.69. The molecule has 0 aliphatic carbocycles. The van der Waals surface area contributed by atoms with E-state index in [9.17, 15) is 4.79 Å². The van der Waals surface area contributed by atoms with Gasteiger partial charge < -0.3 is 4.74 Å². The van der Waals surface area contributed by atoms with Gasteiger partial charge in [0.1, 0.15) is 6.61 Å². The van der Waals surface area contributed by atoms with Gasteiger partial charge in [0.25, 0.3) is 0 Å². The van der Waals surface area contributed by atoms with Gasteiger partial charge in [-0.3, -0.25) is 0 Å². The third-order valence-electron chi connectivity index (χ3n) is 1.54. The van der Waals surface area contributed by atoms with E-state index in [1.165, 1.54) is 5.01 Å². The van der Waals surface area contributed by atoms with Gasteiger partial charge in [-0.15, -0.1) is 0 Å². The third-order valence-corrected chi connectivity index (χ3v) is 1.54. The molecule has 0 bridgehead atoms. The Labute approximate surface area is 65.8 Å². The third kappa shape index (κ3) is 1.93. The molecule has 0 spiro atoms. The van der Waals surface area contributed by atoms with E-state index in [4.69, 9.17) is 4.74 Å². The number of rotatable bonds is 2. The van der Waals surface area contributed by atoms with Gasteiger partial charge in [0, 0.05) is 5.71 Å². The van der Waals surface area contributed by atoms with Gasteiger partial charge >= 0.3 is 6.09 Å². The molecule has 62 valence electrons. The van der Waals surface area contributed by atoms with E-state index in [0.717, 1.165) is 12.1 Å². The second kappa shape index (κ2) is 3.37. The zero-order valence-electron chi connectivity index (χ0n) is 6.83. The standard InChI is InChI=1S/C7H12N2O2/c1-3-6(2)8-9-4-5-11-7(9)10/h3-5H2,1-2H3. The van der Waals surface area contributed by atoms with Crippen LogP contribution in [0.4, 0.5) is 4.79 Å². The number of ether oxygens (including phenoxy) is 1. The topological polar surface area (TPSA) is 41.9 Å². The van der Waals surface area contributed by atoms with Gasteiger partial charge in [0.15, 0.2) is 0 Å². The summed E-state index contributed by atoms with van der Waals surface area (Å²) in [6.45, 7) is 4.93. The van der Waals surface area contributed by atoms with Crippen molar-refractivity contribution in [2.24, 2.45) is 5.10 Å². The second-order valence-corrected chi connectivity index (χ2v) is 2.43. The average molecular weight is 156 g/mol. The van der Waals surface area contributed by atoms with E-state index < -0.39 is 0 Å².